The number of Topliss-reactive ketones (excluding diaryl/α,β-unsaturated/α-hetero) is 1. The summed E-state index contributed by atoms with van der Waals surface area (Å²) in [6.07, 6.45) is 0.164. The molecule has 0 aromatic heterocycles. The average Bonchev–Trinajstić information content (AvgIpc) is 2.36. The summed E-state index contributed by atoms with van der Waals surface area (Å²) in [6.45, 7) is 0. The second kappa shape index (κ2) is 6.45. The highest BCUT2D eigenvalue weighted by Gasteiger charge is 2.13. The standard InChI is InChI=1S/C14H8Br2FIO/c15-12-3-1-9(17)5-8(12)6-14(19)11-7-10(18)2-4-13(11)16/h1-5,7H,6H2. The first-order chi connectivity index (χ1) is 8.97. The van der Waals surface area contributed by atoms with E-state index in [1.165, 1.54) is 12.1 Å². The van der Waals surface area contributed by atoms with Gasteiger partial charge in [0.2, 0.25) is 0 Å². The number of ketones is 1. The maximum atomic E-state index is 13.2. The fourth-order valence-corrected chi connectivity index (χ4v) is 3.00. The molecule has 98 valence electrons. The zero-order valence-electron chi connectivity index (χ0n) is 9.59. The van der Waals surface area contributed by atoms with Gasteiger partial charge in [-0.05, 0) is 64.6 Å². The third-order valence-corrected chi connectivity index (χ3v) is 4.72. The van der Waals surface area contributed by atoms with E-state index < -0.39 is 0 Å². The third-order valence-electron chi connectivity index (χ3n) is 2.59. The molecule has 2 aromatic carbocycles. The number of carbonyl (C=O) groups is 1. The van der Waals surface area contributed by atoms with Gasteiger partial charge in [-0.1, -0.05) is 31.9 Å². The molecule has 19 heavy (non-hydrogen) atoms. The molecule has 0 spiro atoms. The molecule has 2 aromatic rings. The van der Waals surface area contributed by atoms with Crippen LogP contribution < -0.4 is 0 Å². The van der Waals surface area contributed by atoms with E-state index in [2.05, 4.69) is 54.5 Å². The summed E-state index contributed by atoms with van der Waals surface area (Å²) in [5, 5.41) is 0. The van der Waals surface area contributed by atoms with Crippen LogP contribution in [0.15, 0.2) is 45.3 Å². The minimum Gasteiger partial charge on any atom is -0.294 e. The predicted molar refractivity (Wildman–Crippen MR) is 89.0 cm³/mol. The Hall–Kier alpha value is -0.270. The van der Waals surface area contributed by atoms with E-state index in [-0.39, 0.29) is 18.0 Å². The van der Waals surface area contributed by atoms with Gasteiger partial charge >= 0.3 is 0 Å². The number of hydrogen-bond donors (Lipinski definition) is 0. The molecule has 0 saturated carbocycles. The molecular formula is C14H8Br2FIO. The van der Waals surface area contributed by atoms with Gasteiger partial charge in [0, 0.05) is 24.5 Å². The van der Waals surface area contributed by atoms with E-state index in [4.69, 9.17) is 0 Å². The second-order valence-electron chi connectivity index (χ2n) is 3.96. The summed E-state index contributed by atoms with van der Waals surface area (Å²) < 4.78 is 15.7. The quantitative estimate of drug-likeness (QED) is 0.411. The Balaban J connectivity index is 2.30. The van der Waals surface area contributed by atoms with Crippen LogP contribution in [0.25, 0.3) is 0 Å². The van der Waals surface area contributed by atoms with Gasteiger partial charge < -0.3 is 0 Å². The van der Waals surface area contributed by atoms with Crippen molar-refractivity contribution in [3.8, 4) is 0 Å². The molecule has 0 saturated heterocycles. The van der Waals surface area contributed by atoms with Gasteiger partial charge in [0.1, 0.15) is 5.82 Å². The maximum Gasteiger partial charge on any atom is 0.168 e. The molecule has 0 atom stereocenters. The lowest BCUT2D eigenvalue weighted by molar-refractivity contribution is 0.0992. The Bertz CT molecular complexity index is 643. The van der Waals surface area contributed by atoms with Crippen molar-refractivity contribution in [2.45, 2.75) is 6.42 Å². The van der Waals surface area contributed by atoms with E-state index in [1.54, 1.807) is 6.07 Å². The highest BCUT2D eigenvalue weighted by Crippen LogP contribution is 2.24. The molecule has 5 heteroatoms. The van der Waals surface area contributed by atoms with Crippen molar-refractivity contribution < 1.29 is 9.18 Å². The molecular weight excluding hydrogens is 490 g/mol. The lowest BCUT2D eigenvalue weighted by atomic mass is 10.0. The number of halogens is 4. The van der Waals surface area contributed by atoms with Crippen LogP contribution in [0.3, 0.4) is 0 Å². The molecule has 0 aliphatic heterocycles. The Kier molecular flexibility index (Phi) is 5.14. The minimum atomic E-state index is -0.340. The number of carbonyl (C=O) groups excluding carboxylic acids is 1. The summed E-state index contributed by atoms with van der Waals surface area (Å²) in [6, 6.07) is 9.93. The van der Waals surface area contributed by atoms with Crippen LogP contribution in [0.5, 0.6) is 0 Å². The normalized spacial score (nSPS) is 10.5. The van der Waals surface area contributed by atoms with Crippen molar-refractivity contribution in [3.63, 3.8) is 0 Å². The van der Waals surface area contributed by atoms with Crippen LogP contribution in [0.2, 0.25) is 0 Å². The summed E-state index contributed by atoms with van der Waals surface area (Å²) in [4.78, 5) is 12.3. The van der Waals surface area contributed by atoms with E-state index in [0.29, 0.717) is 11.1 Å². The molecule has 0 bridgehead atoms. The van der Waals surface area contributed by atoms with Crippen molar-refractivity contribution >= 4 is 60.2 Å². The van der Waals surface area contributed by atoms with E-state index >= 15 is 0 Å². The van der Waals surface area contributed by atoms with Crippen LogP contribution in [-0.2, 0) is 6.42 Å². The third kappa shape index (κ3) is 3.86. The van der Waals surface area contributed by atoms with E-state index in [9.17, 15) is 9.18 Å². The Morgan fingerprint density at radius 3 is 2.53 bits per heavy atom. The highest BCUT2D eigenvalue weighted by atomic mass is 127. The second-order valence-corrected chi connectivity index (χ2v) is 6.91. The zero-order valence-corrected chi connectivity index (χ0v) is 14.9. The summed E-state index contributed by atoms with van der Waals surface area (Å²) in [5.41, 5.74) is 1.26. The van der Waals surface area contributed by atoms with Crippen LogP contribution in [0, 0.1) is 9.39 Å². The smallest absolute Gasteiger partial charge is 0.168 e. The summed E-state index contributed by atoms with van der Waals surface area (Å²) >= 11 is 8.86. The monoisotopic (exact) mass is 496 g/mol. The van der Waals surface area contributed by atoms with Gasteiger partial charge in [0.25, 0.3) is 0 Å². The maximum absolute atomic E-state index is 13.2. The van der Waals surface area contributed by atoms with Crippen molar-refractivity contribution in [2.75, 3.05) is 0 Å². The Morgan fingerprint density at radius 1 is 1.11 bits per heavy atom. The van der Waals surface area contributed by atoms with Crippen LogP contribution in [0.1, 0.15) is 15.9 Å². The molecule has 0 radical (unpaired) electrons. The van der Waals surface area contributed by atoms with Crippen molar-refractivity contribution in [2.24, 2.45) is 0 Å². The van der Waals surface area contributed by atoms with Crippen molar-refractivity contribution in [3.05, 3.63) is 65.9 Å². The SMILES string of the molecule is O=C(Cc1cc(F)ccc1Br)c1cc(I)ccc1Br. The average molecular weight is 498 g/mol. The van der Waals surface area contributed by atoms with Crippen molar-refractivity contribution in [1.82, 2.24) is 0 Å². The summed E-state index contributed by atoms with van der Waals surface area (Å²) in [5.74, 6) is -0.385. The fourth-order valence-electron chi connectivity index (χ4n) is 1.66. The number of rotatable bonds is 3. The molecule has 0 amide bonds. The highest BCUT2D eigenvalue weighted by molar-refractivity contribution is 14.1. The number of hydrogen-bond acceptors (Lipinski definition) is 1. The molecule has 0 unspecified atom stereocenters. The minimum absolute atomic E-state index is 0.0447. The molecule has 0 N–H and O–H groups in total. The van der Waals surface area contributed by atoms with Gasteiger partial charge in [-0.25, -0.2) is 4.39 Å². The van der Waals surface area contributed by atoms with Crippen LogP contribution >= 0.6 is 54.5 Å². The first kappa shape index (κ1) is 15.1. The predicted octanol–water partition coefficient (Wildman–Crippen LogP) is 5.38. The van der Waals surface area contributed by atoms with Gasteiger partial charge in [0.15, 0.2) is 5.78 Å². The Labute approximate surface area is 141 Å². The fraction of sp³-hybridized carbons (Fsp3) is 0.0714. The van der Waals surface area contributed by atoms with Gasteiger partial charge in [-0.2, -0.15) is 0 Å². The number of benzene rings is 2. The molecule has 0 aliphatic rings. The topological polar surface area (TPSA) is 17.1 Å². The Morgan fingerprint density at radius 2 is 1.79 bits per heavy atom. The molecule has 0 heterocycles. The lowest BCUT2D eigenvalue weighted by Gasteiger charge is -2.07. The molecule has 0 fully saturated rings. The summed E-state index contributed by atoms with van der Waals surface area (Å²) in [7, 11) is 0. The van der Waals surface area contributed by atoms with Gasteiger partial charge in [-0.3, -0.25) is 4.79 Å². The van der Waals surface area contributed by atoms with E-state index in [0.717, 1.165) is 12.5 Å². The van der Waals surface area contributed by atoms with Gasteiger partial charge in [-0.15, -0.1) is 0 Å². The van der Waals surface area contributed by atoms with Crippen molar-refractivity contribution in [1.29, 1.82) is 0 Å². The van der Waals surface area contributed by atoms with E-state index in [1.807, 2.05) is 18.2 Å². The molecule has 1 nitrogen and oxygen atoms in total. The van der Waals surface area contributed by atoms with Gasteiger partial charge in [0.05, 0.1) is 0 Å². The van der Waals surface area contributed by atoms with Crippen LogP contribution in [0.4, 0.5) is 4.39 Å². The first-order valence-electron chi connectivity index (χ1n) is 5.39. The largest absolute Gasteiger partial charge is 0.294 e. The van der Waals surface area contributed by atoms with Crippen LogP contribution in [-0.4, -0.2) is 5.78 Å². The molecule has 0 aliphatic carbocycles. The first-order valence-corrected chi connectivity index (χ1v) is 8.06. The lowest BCUT2D eigenvalue weighted by Crippen LogP contribution is -2.06. The zero-order chi connectivity index (χ0) is 14.0. The molecule has 2 rings (SSSR count).